The van der Waals surface area contributed by atoms with Crippen molar-refractivity contribution in [2.24, 2.45) is 22.7 Å². The molecule has 0 aliphatic carbocycles. The van der Waals surface area contributed by atoms with Gasteiger partial charge in [0.2, 0.25) is 0 Å². The molecule has 2 fully saturated rings. The van der Waals surface area contributed by atoms with Crippen molar-refractivity contribution in [1.82, 2.24) is 0 Å². The lowest BCUT2D eigenvalue weighted by Gasteiger charge is -2.50. The quantitative estimate of drug-likeness (QED) is 0.325. The lowest BCUT2D eigenvalue weighted by molar-refractivity contribution is -0.289. The van der Waals surface area contributed by atoms with Gasteiger partial charge in [0.05, 0.1) is 70.2 Å². The number of hydrogen-bond acceptors (Lipinski definition) is 7. The van der Waals surface area contributed by atoms with E-state index in [4.69, 9.17) is 28.4 Å². The van der Waals surface area contributed by atoms with Crippen LogP contribution in [0.4, 0.5) is 0 Å². The maximum atomic E-state index is 10.2. The third kappa shape index (κ3) is 7.12. The zero-order valence-electron chi connectivity index (χ0n) is 30.1. The number of rotatable bonds is 0. The van der Waals surface area contributed by atoms with Crippen molar-refractivity contribution in [3.8, 4) is 0 Å². The van der Waals surface area contributed by atoms with E-state index in [0.717, 1.165) is 0 Å². The van der Waals surface area contributed by atoms with E-state index < -0.39 is 6.29 Å². The van der Waals surface area contributed by atoms with Gasteiger partial charge in [0.1, 0.15) is 0 Å². The summed E-state index contributed by atoms with van der Waals surface area (Å²) < 4.78 is 36.8. The van der Waals surface area contributed by atoms with Crippen LogP contribution in [-0.4, -0.2) is 55.1 Å². The van der Waals surface area contributed by atoms with E-state index in [1.807, 2.05) is 6.92 Å². The minimum Gasteiger partial charge on any atom is -0.374 e. The highest BCUT2D eigenvalue weighted by molar-refractivity contribution is 5.37. The average Bonchev–Trinajstić information content (AvgIpc) is 2.98. The molecule has 6 rings (SSSR count). The number of fused-ring (bicyclic) bond motifs is 6. The highest BCUT2D eigenvalue weighted by Gasteiger charge is 2.50. The van der Waals surface area contributed by atoms with Crippen LogP contribution in [0.2, 0.25) is 0 Å². The summed E-state index contributed by atoms with van der Waals surface area (Å²) in [5.74, 6) is 0.298. The van der Waals surface area contributed by atoms with Gasteiger partial charge in [-0.15, -0.1) is 0 Å². The molecule has 2 saturated heterocycles. The summed E-state index contributed by atoms with van der Waals surface area (Å²) in [5, 5.41) is 10.2. The fourth-order valence-electron chi connectivity index (χ4n) is 7.70. The standard InChI is InChI=1S/C20H30O3.C19H28O4/c1-12-7-16-9-21-11-18-20(5,6)19(14(3)15(4)23-18)22-10-17(16)8-13(12)2;1-11-6-14-8-21-10-16-19(4,5)17(13(3)18(20)23-16)22-9-15(14)7-12(11)2/h7-8,14-15,18-19H,9-11H2,1-6H3;6-7,13,16-18,20H,8-10H2,1-5H3/t14?,15?,18?,19-;13?,16?,17-,18?/m00/s1. The van der Waals surface area contributed by atoms with Crippen molar-refractivity contribution in [2.45, 2.75) is 139 Å². The van der Waals surface area contributed by atoms with Crippen LogP contribution in [0.5, 0.6) is 0 Å². The molecule has 46 heavy (non-hydrogen) atoms. The van der Waals surface area contributed by atoms with E-state index >= 15 is 0 Å². The Bertz CT molecular complexity index is 1260. The third-order valence-corrected chi connectivity index (χ3v) is 11.5. The van der Waals surface area contributed by atoms with Gasteiger partial charge in [0.15, 0.2) is 6.29 Å². The molecule has 7 nitrogen and oxygen atoms in total. The Balaban J connectivity index is 0.000000181. The molecule has 4 bridgehead atoms. The molecule has 2 aromatic rings. The molecule has 1 N–H and O–H groups in total. The topological polar surface area (TPSA) is 75.6 Å². The Morgan fingerprint density at radius 3 is 1.37 bits per heavy atom. The number of hydrogen-bond donors (Lipinski definition) is 1. The fourth-order valence-corrected chi connectivity index (χ4v) is 7.70. The first-order chi connectivity index (χ1) is 21.6. The van der Waals surface area contributed by atoms with Gasteiger partial charge in [0.25, 0.3) is 0 Å². The number of aryl methyl sites for hydroxylation is 4. The van der Waals surface area contributed by atoms with Gasteiger partial charge >= 0.3 is 0 Å². The molecular weight excluding hydrogens is 580 g/mol. The highest BCUT2D eigenvalue weighted by Crippen LogP contribution is 2.44. The Hall–Kier alpha value is -1.84. The van der Waals surface area contributed by atoms with Crippen molar-refractivity contribution >= 4 is 0 Å². The molecule has 4 aliphatic heterocycles. The van der Waals surface area contributed by atoms with Crippen LogP contribution in [0.3, 0.4) is 0 Å². The predicted molar refractivity (Wildman–Crippen MR) is 179 cm³/mol. The largest absolute Gasteiger partial charge is 0.374 e. The second kappa shape index (κ2) is 13.9. The van der Waals surface area contributed by atoms with E-state index in [9.17, 15) is 5.11 Å². The summed E-state index contributed by atoms with van der Waals surface area (Å²) in [7, 11) is 0. The lowest BCUT2D eigenvalue weighted by Crippen LogP contribution is -2.57. The number of aliphatic hydroxyl groups excluding tert-OH is 1. The molecule has 6 unspecified atom stereocenters. The smallest absolute Gasteiger partial charge is 0.160 e. The number of benzene rings is 2. The van der Waals surface area contributed by atoms with Crippen molar-refractivity contribution in [1.29, 1.82) is 0 Å². The molecule has 4 aliphatic rings. The van der Waals surface area contributed by atoms with Gasteiger partial charge in [-0.25, -0.2) is 0 Å². The zero-order chi connectivity index (χ0) is 33.6. The van der Waals surface area contributed by atoms with E-state index in [-0.39, 0.29) is 47.3 Å². The van der Waals surface area contributed by atoms with E-state index in [2.05, 4.69) is 93.5 Å². The summed E-state index contributed by atoms with van der Waals surface area (Å²) in [6.07, 6.45) is -0.612. The van der Waals surface area contributed by atoms with Crippen LogP contribution in [0.1, 0.15) is 93.0 Å². The zero-order valence-corrected chi connectivity index (χ0v) is 30.1. The summed E-state index contributed by atoms with van der Waals surface area (Å²) in [6, 6.07) is 8.88. The minimum atomic E-state index is -0.805. The number of ether oxygens (including phenoxy) is 6. The summed E-state index contributed by atoms with van der Waals surface area (Å²) in [5.41, 5.74) is 9.75. The third-order valence-electron chi connectivity index (χ3n) is 11.5. The van der Waals surface area contributed by atoms with Crippen LogP contribution in [0.25, 0.3) is 0 Å². The summed E-state index contributed by atoms with van der Waals surface area (Å²) >= 11 is 0. The second-order valence-corrected chi connectivity index (χ2v) is 15.6. The van der Waals surface area contributed by atoms with Crippen LogP contribution >= 0.6 is 0 Å². The van der Waals surface area contributed by atoms with Crippen LogP contribution < -0.4 is 0 Å². The normalized spacial score (nSPS) is 33.8. The second-order valence-electron chi connectivity index (χ2n) is 15.6. The van der Waals surface area contributed by atoms with Crippen molar-refractivity contribution < 1.29 is 33.5 Å². The molecule has 4 heterocycles. The molecule has 0 spiro atoms. The molecule has 0 radical (unpaired) electrons. The van der Waals surface area contributed by atoms with Crippen LogP contribution in [-0.2, 0) is 54.8 Å². The Morgan fingerprint density at radius 1 is 0.565 bits per heavy atom. The van der Waals surface area contributed by atoms with Gasteiger partial charge < -0.3 is 33.5 Å². The Kier molecular flexibility index (Phi) is 10.8. The van der Waals surface area contributed by atoms with Gasteiger partial charge in [-0.2, -0.15) is 0 Å². The predicted octanol–water partition coefficient (Wildman–Crippen LogP) is 7.27. The van der Waals surface area contributed by atoms with Crippen LogP contribution in [0, 0.1) is 50.4 Å². The van der Waals surface area contributed by atoms with E-state index in [1.165, 1.54) is 44.5 Å². The Morgan fingerprint density at radius 2 is 0.935 bits per heavy atom. The molecule has 2 aromatic carbocycles. The average molecular weight is 639 g/mol. The van der Waals surface area contributed by atoms with Crippen molar-refractivity contribution in [2.75, 3.05) is 13.2 Å². The highest BCUT2D eigenvalue weighted by atomic mass is 16.6. The number of aliphatic hydroxyl groups is 1. The molecular formula is C39H58O7. The SMILES string of the molecule is Cc1cc2c(cc1C)CO[C@H]1C(C)C(C)OC(COC2)C1(C)C.Cc1cc2c(cc1C)CO[C@H]1C(C)C(O)OC(COC2)C1(C)C. The van der Waals surface area contributed by atoms with Gasteiger partial charge in [-0.05, 0) is 79.1 Å². The van der Waals surface area contributed by atoms with Crippen LogP contribution in [0.15, 0.2) is 24.3 Å². The molecule has 0 amide bonds. The van der Waals surface area contributed by atoms with Crippen molar-refractivity contribution in [3.05, 3.63) is 68.8 Å². The first-order valence-electron chi connectivity index (χ1n) is 17.2. The maximum absolute atomic E-state index is 10.2. The molecule has 8 atom stereocenters. The van der Waals surface area contributed by atoms with Gasteiger partial charge in [0, 0.05) is 22.7 Å². The van der Waals surface area contributed by atoms with E-state index in [0.29, 0.717) is 45.6 Å². The summed E-state index contributed by atoms with van der Waals surface area (Å²) in [4.78, 5) is 0. The van der Waals surface area contributed by atoms with Gasteiger partial charge in [-0.3, -0.25) is 0 Å². The first-order valence-corrected chi connectivity index (χ1v) is 17.2. The Labute approximate surface area is 277 Å². The monoisotopic (exact) mass is 638 g/mol. The van der Waals surface area contributed by atoms with E-state index in [1.54, 1.807) is 0 Å². The lowest BCUT2D eigenvalue weighted by atomic mass is 9.71. The molecule has 0 aromatic heterocycles. The molecule has 7 heteroatoms. The molecule has 0 saturated carbocycles. The first kappa shape index (κ1) is 35.5. The maximum Gasteiger partial charge on any atom is 0.160 e. The van der Waals surface area contributed by atoms with Gasteiger partial charge in [-0.1, -0.05) is 65.8 Å². The minimum absolute atomic E-state index is 0.0524. The summed E-state index contributed by atoms with van der Waals surface area (Å²) in [6.45, 7) is 27.1. The molecule has 256 valence electrons. The fraction of sp³-hybridized carbons (Fsp3) is 0.692. The van der Waals surface area contributed by atoms with Crippen molar-refractivity contribution in [3.63, 3.8) is 0 Å².